The molecule has 0 heterocycles. The van der Waals surface area contributed by atoms with E-state index in [9.17, 15) is 0 Å². The molecule has 0 spiro atoms. The minimum absolute atomic E-state index is 0.409. The molecular weight excluding hydrogens is 160 g/mol. The van der Waals surface area contributed by atoms with Crippen LogP contribution < -0.4 is 5.73 Å². The Hall–Kier alpha value is -0.520. The molecule has 1 rings (SSSR count). The maximum atomic E-state index is 6.00. The summed E-state index contributed by atoms with van der Waals surface area (Å²) in [5, 5.41) is 0. The maximum Gasteiger partial charge on any atom is 0.0598 e. The van der Waals surface area contributed by atoms with E-state index in [1.54, 1.807) is 0 Å². The summed E-state index contributed by atoms with van der Waals surface area (Å²) < 4.78 is 0. The van der Waals surface area contributed by atoms with Crippen molar-refractivity contribution in [2.75, 3.05) is 19.6 Å². The fraction of sp³-hybridized carbons (Fsp3) is 0.818. The highest BCUT2D eigenvalue weighted by atomic mass is 15.1. The van der Waals surface area contributed by atoms with E-state index >= 15 is 0 Å². The molecule has 0 aliphatic heterocycles. The molecule has 2 heteroatoms. The second kappa shape index (κ2) is 5.26. The summed E-state index contributed by atoms with van der Waals surface area (Å²) in [6.07, 6.45) is 9.05. The minimum Gasteiger partial charge on any atom is -0.327 e. The summed E-state index contributed by atoms with van der Waals surface area (Å²) in [4.78, 5) is 2.30. The van der Waals surface area contributed by atoms with Gasteiger partial charge in [-0.15, -0.1) is 6.42 Å². The molecule has 1 aliphatic carbocycles. The third-order valence-electron chi connectivity index (χ3n) is 2.97. The first-order valence-electron chi connectivity index (χ1n) is 5.19. The summed E-state index contributed by atoms with van der Waals surface area (Å²) in [7, 11) is 0. The third-order valence-corrected chi connectivity index (χ3v) is 2.97. The van der Waals surface area contributed by atoms with E-state index in [2.05, 4.69) is 17.7 Å². The molecule has 74 valence electrons. The van der Waals surface area contributed by atoms with Crippen LogP contribution in [-0.2, 0) is 0 Å². The van der Waals surface area contributed by atoms with Crippen LogP contribution in [0.4, 0.5) is 0 Å². The van der Waals surface area contributed by atoms with Crippen molar-refractivity contribution in [2.24, 2.45) is 11.7 Å². The van der Waals surface area contributed by atoms with Crippen LogP contribution in [0.1, 0.15) is 26.2 Å². The standard InChI is InChI=1S/C11H20N2/c1-3-8-13(4-2)9-10-6-5-7-11(10)12/h1,10-11H,4-9,12H2,2H3. The Balaban J connectivity index is 2.32. The lowest BCUT2D eigenvalue weighted by Gasteiger charge is -2.24. The van der Waals surface area contributed by atoms with Gasteiger partial charge in [0.05, 0.1) is 6.54 Å². The number of hydrogen-bond acceptors (Lipinski definition) is 2. The summed E-state index contributed by atoms with van der Waals surface area (Å²) in [6.45, 7) is 5.03. The Morgan fingerprint density at radius 3 is 2.77 bits per heavy atom. The predicted molar refractivity (Wildman–Crippen MR) is 56.3 cm³/mol. The molecule has 1 aliphatic rings. The Kier molecular flexibility index (Phi) is 4.27. The first-order chi connectivity index (χ1) is 6.27. The Bertz CT molecular complexity index is 183. The molecule has 1 fully saturated rings. The molecule has 1 saturated carbocycles. The molecule has 0 saturated heterocycles. The van der Waals surface area contributed by atoms with E-state index in [-0.39, 0.29) is 0 Å². The van der Waals surface area contributed by atoms with Crippen molar-refractivity contribution < 1.29 is 0 Å². The normalized spacial score (nSPS) is 27.8. The summed E-state index contributed by atoms with van der Waals surface area (Å²) in [5.41, 5.74) is 6.00. The number of nitrogens with zero attached hydrogens (tertiary/aromatic N) is 1. The van der Waals surface area contributed by atoms with E-state index in [4.69, 9.17) is 12.2 Å². The van der Waals surface area contributed by atoms with Crippen LogP contribution in [-0.4, -0.2) is 30.6 Å². The molecule has 2 atom stereocenters. The van der Waals surface area contributed by atoms with Crippen LogP contribution in [0.3, 0.4) is 0 Å². The molecule has 0 aromatic carbocycles. The maximum absolute atomic E-state index is 6.00. The van der Waals surface area contributed by atoms with Crippen LogP contribution >= 0.6 is 0 Å². The van der Waals surface area contributed by atoms with Crippen LogP contribution in [0, 0.1) is 18.3 Å². The van der Waals surface area contributed by atoms with Gasteiger partial charge in [0.1, 0.15) is 0 Å². The number of hydrogen-bond donors (Lipinski definition) is 1. The van der Waals surface area contributed by atoms with Gasteiger partial charge in [0, 0.05) is 12.6 Å². The number of terminal acetylenes is 1. The monoisotopic (exact) mass is 180 g/mol. The van der Waals surface area contributed by atoms with Crippen molar-refractivity contribution in [1.29, 1.82) is 0 Å². The van der Waals surface area contributed by atoms with Gasteiger partial charge in [-0.2, -0.15) is 0 Å². The molecular formula is C11H20N2. The van der Waals surface area contributed by atoms with Crippen LogP contribution in [0.25, 0.3) is 0 Å². The Labute approximate surface area is 81.5 Å². The predicted octanol–water partition coefficient (Wildman–Crippen LogP) is 1.07. The number of rotatable bonds is 4. The van der Waals surface area contributed by atoms with E-state index in [0.717, 1.165) is 19.6 Å². The van der Waals surface area contributed by atoms with Crippen molar-refractivity contribution in [2.45, 2.75) is 32.2 Å². The molecule has 2 N–H and O–H groups in total. The highest BCUT2D eigenvalue weighted by Gasteiger charge is 2.24. The van der Waals surface area contributed by atoms with Crippen LogP contribution in [0.5, 0.6) is 0 Å². The summed E-state index contributed by atoms with van der Waals surface area (Å²) in [5.74, 6) is 3.37. The third kappa shape index (κ3) is 3.02. The topological polar surface area (TPSA) is 29.3 Å². The molecule has 13 heavy (non-hydrogen) atoms. The van der Waals surface area contributed by atoms with Gasteiger partial charge in [-0.3, -0.25) is 4.90 Å². The zero-order chi connectivity index (χ0) is 9.68. The highest BCUT2D eigenvalue weighted by Crippen LogP contribution is 2.24. The van der Waals surface area contributed by atoms with Gasteiger partial charge in [0.25, 0.3) is 0 Å². The van der Waals surface area contributed by atoms with Crippen molar-refractivity contribution in [3.05, 3.63) is 0 Å². The molecule has 0 radical (unpaired) electrons. The Morgan fingerprint density at radius 1 is 1.54 bits per heavy atom. The van der Waals surface area contributed by atoms with Gasteiger partial charge in [0.15, 0.2) is 0 Å². The lowest BCUT2D eigenvalue weighted by molar-refractivity contribution is 0.257. The van der Waals surface area contributed by atoms with Crippen molar-refractivity contribution in [3.8, 4) is 12.3 Å². The average molecular weight is 180 g/mol. The van der Waals surface area contributed by atoms with Crippen molar-refractivity contribution in [3.63, 3.8) is 0 Å². The SMILES string of the molecule is C#CCN(CC)CC1CCCC1N. The molecule has 2 nitrogen and oxygen atoms in total. The van der Waals surface area contributed by atoms with Crippen molar-refractivity contribution >= 4 is 0 Å². The molecule has 0 aromatic rings. The summed E-state index contributed by atoms with van der Waals surface area (Å²) >= 11 is 0. The smallest absolute Gasteiger partial charge is 0.0598 e. The second-order valence-corrected chi connectivity index (χ2v) is 3.89. The van der Waals surface area contributed by atoms with E-state index in [1.165, 1.54) is 19.3 Å². The van der Waals surface area contributed by atoms with Gasteiger partial charge in [-0.25, -0.2) is 0 Å². The van der Waals surface area contributed by atoms with Gasteiger partial charge >= 0.3 is 0 Å². The van der Waals surface area contributed by atoms with Gasteiger partial charge in [0.2, 0.25) is 0 Å². The van der Waals surface area contributed by atoms with Crippen LogP contribution in [0.2, 0.25) is 0 Å². The quantitative estimate of drug-likeness (QED) is 0.656. The molecule has 0 amide bonds. The lowest BCUT2D eigenvalue weighted by atomic mass is 10.0. The van der Waals surface area contributed by atoms with Gasteiger partial charge in [-0.05, 0) is 25.3 Å². The van der Waals surface area contributed by atoms with Gasteiger partial charge in [-0.1, -0.05) is 19.3 Å². The van der Waals surface area contributed by atoms with Crippen LogP contribution in [0.15, 0.2) is 0 Å². The molecule has 2 unspecified atom stereocenters. The lowest BCUT2D eigenvalue weighted by Crippen LogP contribution is -2.36. The molecule has 0 aromatic heterocycles. The van der Waals surface area contributed by atoms with Crippen molar-refractivity contribution in [1.82, 2.24) is 4.90 Å². The highest BCUT2D eigenvalue weighted by molar-refractivity contribution is 4.90. The Morgan fingerprint density at radius 2 is 2.31 bits per heavy atom. The molecule has 0 bridgehead atoms. The van der Waals surface area contributed by atoms with E-state index < -0.39 is 0 Å². The fourth-order valence-corrected chi connectivity index (χ4v) is 2.06. The number of nitrogens with two attached hydrogens (primary N) is 1. The second-order valence-electron chi connectivity index (χ2n) is 3.89. The van der Waals surface area contributed by atoms with E-state index in [0.29, 0.717) is 12.0 Å². The average Bonchev–Trinajstić information content (AvgIpc) is 2.51. The van der Waals surface area contributed by atoms with Gasteiger partial charge < -0.3 is 5.73 Å². The zero-order valence-corrected chi connectivity index (χ0v) is 8.50. The first-order valence-corrected chi connectivity index (χ1v) is 5.19. The van der Waals surface area contributed by atoms with E-state index in [1.807, 2.05) is 0 Å². The minimum atomic E-state index is 0.409. The largest absolute Gasteiger partial charge is 0.327 e. The zero-order valence-electron chi connectivity index (χ0n) is 8.50. The first kappa shape index (κ1) is 10.6. The fourth-order valence-electron chi connectivity index (χ4n) is 2.06. The summed E-state index contributed by atoms with van der Waals surface area (Å²) in [6, 6.07) is 0.409.